The van der Waals surface area contributed by atoms with Crippen molar-refractivity contribution in [2.24, 2.45) is 0 Å². The van der Waals surface area contributed by atoms with Crippen LogP contribution in [0.2, 0.25) is 0 Å². The molecule has 2 aromatic rings. The van der Waals surface area contributed by atoms with Crippen molar-refractivity contribution in [3.05, 3.63) is 46.2 Å². The van der Waals surface area contributed by atoms with Gasteiger partial charge in [0.05, 0.1) is 0 Å². The summed E-state index contributed by atoms with van der Waals surface area (Å²) in [5.41, 5.74) is 2.62. The molecule has 1 aromatic carbocycles. The van der Waals surface area contributed by atoms with E-state index in [1.165, 1.54) is 11.1 Å². The van der Waals surface area contributed by atoms with Gasteiger partial charge in [-0.2, -0.15) is 0 Å². The minimum atomic E-state index is 0.830. The van der Waals surface area contributed by atoms with E-state index in [1.54, 1.807) is 6.33 Å². The third-order valence-corrected chi connectivity index (χ3v) is 3.87. The lowest BCUT2D eigenvalue weighted by molar-refractivity contribution is 0.956. The van der Waals surface area contributed by atoms with Crippen molar-refractivity contribution in [2.75, 3.05) is 23.7 Å². The molecule has 0 aliphatic heterocycles. The normalized spacial score (nSPS) is 10.4. The molecule has 112 valence electrons. The highest BCUT2D eigenvalue weighted by Gasteiger charge is 2.07. The van der Waals surface area contributed by atoms with Crippen LogP contribution in [0.1, 0.15) is 24.5 Å². The van der Waals surface area contributed by atoms with E-state index in [1.807, 2.05) is 0 Å². The molecule has 21 heavy (non-hydrogen) atoms. The molecule has 0 saturated carbocycles. The van der Waals surface area contributed by atoms with Gasteiger partial charge >= 0.3 is 0 Å². The molecule has 0 amide bonds. The summed E-state index contributed by atoms with van der Waals surface area (Å²) < 4.78 is 0.891. The average molecular weight is 349 g/mol. The van der Waals surface area contributed by atoms with Gasteiger partial charge in [0, 0.05) is 13.1 Å². The van der Waals surface area contributed by atoms with Gasteiger partial charge in [-0.25, -0.2) is 9.97 Å². The Bertz CT molecular complexity index is 586. The predicted octanol–water partition coefficient (Wildman–Crippen LogP) is 4.02. The van der Waals surface area contributed by atoms with Gasteiger partial charge < -0.3 is 10.6 Å². The molecule has 5 heteroatoms. The van der Waals surface area contributed by atoms with Crippen molar-refractivity contribution in [1.82, 2.24) is 9.97 Å². The number of aryl methyl sites for hydroxylation is 1. The third-order valence-electron chi connectivity index (χ3n) is 3.12. The van der Waals surface area contributed by atoms with Gasteiger partial charge in [-0.3, -0.25) is 0 Å². The largest absolute Gasteiger partial charge is 0.369 e. The number of halogens is 1. The Morgan fingerprint density at radius 3 is 2.48 bits per heavy atom. The number of aromatic nitrogens is 2. The lowest BCUT2D eigenvalue weighted by atomic mass is 10.1. The van der Waals surface area contributed by atoms with Gasteiger partial charge in [0.1, 0.15) is 22.4 Å². The lowest BCUT2D eigenvalue weighted by Crippen LogP contribution is -2.09. The van der Waals surface area contributed by atoms with Crippen LogP contribution in [0.3, 0.4) is 0 Å². The zero-order valence-corrected chi connectivity index (χ0v) is 14.1. The summed E-state index contributed by atoms with van der Waals surface area (Å²) >= 11 is 3.56. The summed E-state index contributed by atoms with van der Waals surface area (Å²) in [5, 5.41) is 6.64. The monoisotopic (exact) mass is 348 g/mol. The van der Waals surface area contributed by atoms with Crippen molar-refractivity contribution in [3.8, 4) is 0 Å². The highest BCUT2D eigenvalue weighted by Crippen LogP contribution is 2.26. The molecular formula is C16H21BrN4. The van der Waals surface area contributed by atoms with E-state index >= 15 is 0 Å². The minimum absolute atomic E-state index is 0.830. The van der Waals surface area contributed by atoms with Crippen molar-refractivity contribution in [3.63, 3.8) is 0 Å². The molecule has 0 fully saturated rings. The Hall–Kier alpha value is -1.62. The molecule has 0 spiro atoms. The Kier molecular flexibility index (Phi) is 5.99. The van der Waals surface area contributed by atoms with Crippen LogP contribution in [0.5, 0.6) is 0 Å². The van der Waals surface area contributed by atoms with Crippen LogP contribution in [-0.2, 0) is 6.42 Å². The zero-order valence-electron chi connectivity index (χ0n) is 12.5. The molecule has 2 N–H and O–H groups in total. The van der Waals surface area contributed by atoms with Crippen molar-refractivity contribution in [1.29, 1.82) is 0 Å². The van der Waals surface area contributed by atoms with Crippen LogP contribution in [0.4, 0.5) is 11.6 Å². The van der Waals surface area contributed by atoms with Gasteiger partial charge in [0.15, 0.2) is 0 Å². The number of hydrogen-bond acceptors (Lipinski definition) is 4. The maximum atomic E-state index is 4.29. The van der Waals surface area contributed by atoms with Crippen molar-refractivity contribution in [2.45, 2.75) is 26.7 Å². The fourth-order valence-corrected chi connectivity index (χ4v) is 2.54. The van der Waals surface area contributed by atoms with Crippen molar-refractivity contribution < 1.29 is 0 Å². The zero-order chi connectivity index (χ0) is 15.1. The van der Waals surface area contributed by atoms with Crippen LogP contribution in [0.25, 0.3) is 0 Å². The molecule has 2 rings (SSSR count). The smallest absolute Gasteiger partial charge is 0.145 e. The highest BCUT2D eigenvalue weighted by molar-refractivity contribution is 9.10. The number of nitrogens with one attached hydrogen (secondary N) is 2. The summed E-state index contributed by atoms with van der Waals surface area (Å²) in [6.45, 7) is 5.98. The maximum Gasteiger partial charge on any atom is 0.145 e. The van der Waals surface area contributed by atoms with Crippen LogP contribution in [0.15, 0.2) is 35.1 Å². The summed E-state index contributed by atoms with van der Waals surface area (Å²) in [7, 11) is 0. The number of benzene rings is 1. The quantitative estimate of drug-likeness (QED) is 0.793. The van der Waals surface area contributed by atoms with Gasteiger partial charge in [-0.05, 0) is 41.3 Å². The maximum absolute atomic E-state index is 4.29. The average Bonchev–Trinajstić information content (AvgIpc) is 2.48. The van der Waals surface area contributed by atoms with E-state index in [9.17, 15) is 0 Å². The Labute approximate surface area is 134 Å². The molecule has 1 heterocycles. The van der Waals surface area contributed by atoms with E-state index in [0.717, 1.165) is 42.0 Å². The van der Waals surface area contributed by atoms with E-state index in [0.29, 0.717) is 0 Å². The molecule has 1 aromatic heterocycles. The Morgan fingerprint density at radius 2 is 1.81 bits per heavy atom. The molecule has 0 unspecified atom stereocenters. The summed E-state index contributed by atoms with van der Waals surface area (Å²) in [4.78, 5) is 8.53. The molecular weight excluding hydrogens is 328 g/mol. The second-order valence-corrected chi connectivity index (χ2v) is 5.77. The van der Waals surface area contributed by atoms with E-state index in [-0.39, 0.29) is 0 Å². The standard InChI is InChI=1S/C16H21BrN4/c1-3-8-18-15-14(17)16(21-11-20-15)19-9-7-13-6-4-5-12(2)10-13/h4-6,10-11H,3,7-9H2,1-2H3,(H2,18,19,20,21). The first kappa shape index (κ1) is 15.8. The number of nitrogens with zero attached hydrogens (tertiary/aromatic N) is 2. The molecule has 0 saturated heterocycles. The molecule has 0 radical (unpaired) electrons. The SMILES string of the molecule is CCCNc1ncnc(NCCc2cccc(C)c2)c1Br. The second kappa shape index (κ2) is 7.98. The second-order valence-electron chi connectivity index (χ2n) is 4.98. The summed E-state index contributed by atoms with van der Waals surface area (Å²) in [5.74, 6) is 1.67. The van der Waals surface area contributed by atoms with Gasteiger partial charge in [0.25, 0.3) is 0 Å². The Morgan fingerprint density at radius 1 is 1.10 bits per heavy atom. The number of hydrogen-bond donors (Lipinski definition) is 2. The molecule has 0 bridgehead atoms. The van der Waals surface area contributed by atoms with Crippen LogP contribution < -0.4 is 10.6 Å². The number of anilines is 2. The van der Waals surface area contributed by atoms with Crippen molar-refractivity contribution >= 4 is 27.6 Å². The predicted molar refractivity (Wildman–Crippen MR) is 91.9 cm³/mol. The van der Waals surface area contributed by atoms with E-state index < -0.39 is 0 Å². The van der Waals surface area contributed by atoms with Gasteiger partial charge in [-0.15, -0.1) is 0 Å². The van der Waals surface area contributed by atoms with E-state index in [2.05, 4.69) is 74.6 Å². The minimum Gasteiger partial charge on any atom is -0.369 e. The third kappa shape index (κ3) is 4.70. The van der Waals surface area contributed by atoms with Gasteiger partial charge in [0.2, 0.25) is 0 Å². The Balaban J connectivity index is 1.94. The molecule has 0 aliphatic rings. The molecule has 0 atom stereocenters. The highest BCUT2D eigenvalue weighted by atomic mass is 79.9. The first-order chi connectivity index (χ1) is 10.2. The first-order valence-corrected chi connectivity index (χ1v) is 8.03. The van der Waals surface area contributed by atoms with Crippen LogP contribution in [0, 0.1) is 6.92 Å². The first-order valence-electron chi connectivity index (χ1n) is 7.24. The summed E-state index contributed by atoms with van der Waals surface area (Å²) in [6.07, 6.45) is 3.61. The van der Waals surface area contributed by atoms with E-state index in [4.69, 9.17) is 0 Å². The van der Waals surface area contributed by atoms with Crippen LogP contribution in [-0.4, -0.2) is 23.1 Å². The fraction of sp³-hybridized carbons (Fsp3) is 0.375. The summed E-state index contributed by atoms with van der Waals surface area (Å²) in [6, 6.07) is 8.57. The topological polar surface area (TPSA) is 49.8 Å². The molecule has 4 nitrogen and oxygen atoms in total. The van der Waals surface area contributed by atoms with Crippen LogP contribution >= 0.6 is 15.9 Å². The molecule has 0 aliphatic carbocycles. The lowest BCUT2D eigenvalue weighted by Gasteiger charge is -2.11. The number of rotatable bonds is 7. The van der Waals surface area contributed by atoms with Gasteiger partial charge in [-0.1, -0.05) is 36.8 Å². The fourth-order valence-electron chi connectivity index (χ4n) is 2.05.